The van der Waals surface area contributed by atoms with Crippen molar-refractivity contribution in [2.45, 2.75) is 52.8 Å². The van der Waals surface area contributed by atoms with Crippen LogP contribution in [0.1, 0.15) is 41.3 Å². The number of aryl methyl sites for hydroxylation is 1. The topological polar surface area (TPSA) is 29.1 Å². The molecule has 0 aliphatic carbocycles. The number of halogens is 4. The molecule has 0 spiro atoms. The maximum atomic E-state index is 14.7. The predicted octanol–water partition coefficient (Wildman–Crippen LogP) is 7.49. The minimum Gasteiger partial charge on any atom is -0.322 e. The quantitative estimate of drug-likeness (QED) is 0.271. The summed E-state index contributed by atoms with van der Waals surface area (Å²) in [6.07, 6.45) is 2.30. The molecule has 34 heavy (non-hydrogen) atoms. The van der Waals surface area contributed by atoms with Crippen molar-refractivity contribution in [2.24, 2.45) is 0 Å². The zero-order chi connectivity index (χ0) is 25.2. The molecular formula is C27H29F4NOSi. The predicted molar refractivity (Wildman–Crippen MR) is 132 cm³/mol. The molecule has 0 unspecified atom stereocenters. The number of hydrogen-bond acceptors (Lipinski definition) is 1. The molecule has 0 saturated heterocycles. The number of nitrogens with one attached hydrogen (secondary N) is 1. The lowest BCUT2D eigenvalue weighted by Crippen LogP contribution is -2.41. The number of hydrogen-bond donors (Lipinski definition) is 1. The van der Waals surface area contributed by atoms with Crippen LogP contribution < -0.4 is 10.5 Å². The van der Waals surface area contributed by atoms with Crippen LogP contribution in [0.25, 0.3) is 11.1 Å². The minimum absolute atomic E-state index is 0.0852. The zero-order valence-corrected chi connectivity index (χ0v) is 21.1. The first-order valence-corrected chi connectivity index (χ1v) is 14.5. The SMILES string of the molecule is CCCC[Si](C)(C)c1ccc(C(=O)Nc2cc(F)c(-c3cc(F)c(C)c(F)c3)c(F)c2)c(C)c1. The van der Waals surface area contributed by atoms with Crippen molar-refractivity contribution in [2.75, 3.05) is 5.32 Å². The highest BCUT2D eigenvalue weighted by Crippen LogP contribution is 2.31. The Bertz CT molecular complexity index is 1190. The van der Waals surface area contributed by atoms with Gasteiger partial charge in [0.15, 0.2) is 0 Å². The first-order chi connectivity index (χ1) is 15.9. The summed E-state index contributed by atoms with van der Waals surface area (Å²) >= 11 is 0. The Hall–Kier alpha value is -2.93. The highest BCUT2D eigenvalue weighted by molar-refractivity contribution is 6.89. The van der Waals surface area contributed by atoms with Gasteiger partial charge in [-0.05, 0) is 55.3 Å². The summed E-state index contributed by atoms with van der Waals surface area (Å²) in [4.78, 5) is 12.8. The average Bonchev–Trinajstić information content (AvgIpc) is 2.75. The molecule has 3 aromatic carbocycles. The summed E-state index contributed by atoms with van der Waals surface area (Å²) < 4.78 is 57.3. The molecule has 3 aromatic rings. The third-order valence-electron chi connectivity index (χ3n) is 6.28. The number of anilines is 1. The molecule has 0 aliphatic heterocycles. The Kier molecular flexibility index (Phi) is 7.66. The van der Waals surface area contributed by atoms with Gasteiger partial charge in [0, 0.05) is 16.8 Å². The molecule has 0 fully saturated rings. The van der Waals surface area contributed by atoms with Gasteiger partial charge in [0.2, 0.25) is 0 Å². The molecule has 2 nitrogen and oxygen atoms in total. The van der Waals surface area contributed by atoms with Crippen molar-refractivity contribution in [3.8, 4) is 11.1 Å². The van der Waals surface area contributed by atoms with Crippen molar-refractivity contribution in [1.29, 1.82) is 0 Å². The maximum absolute atomic E-state index is 14.7. The monoisotopic (exact) mass is 487 g/mol. The summed E-state index contributed by atoms with van der Waals surface area (Å²) in [5.74, 6) is -4.35. The summed E-state index contributed by atoms with van der Waals surface area (Å²) in [7, 11) is -1.61. The van der Waals surface area contributed by atoms with Gasteiger partial charge >= 0.3 is 0 Å². The molecule has 0 heterocycles. The van der Waals surface area contributed by atoms with Crippen molar-refractivity contribution >= 4 is 24.9 Å². The van der Waals surface area contributed by atoms with E-state index < -0.39 is 42.8 Å². The number of rotatable bonds is 7. The third-order valence-corrected chi connectivity index (χ3v) is 9.75. The summed E-state index contributed by atoms with van der Waals surface area (Å²) in [5.41, 5.74) is 0.0707. The summed E-state index contributed by atoms with van der Waals surface area (Å²) in [5, 5.41) is 3.79. The van der Waals surface area contributed by atoms with E-state index in [1.54, 1.807) is 6.07 Å². The van der Waals surface area contributed by atoms with Gasteiger partial charge in [-0.15, -0.1) is 0 Å². The van der Waals surface area contributed by atoms with Gasteiger partial charge in [0.05, 0.1) is 13.6 Å². The van der Waals surface area contributed by atoms with Gasteiger partial charge in [-0.25, -0.2) is 17.6 Å². The smallest absolute Gasteiger partial charge is 0.255 e. The molecule has 180 valence electrons. The fraction of sp³-hybridized carbons (Fsp3) is 0.296. The van der Waals surface area contributed by atoms with E-state index in [9.17, 15) is 22.4 Å². The Morgan fingerprint density at radius 1 is 0.882 bits per heavy atom. The van der Waals surface area contributed by atoms with Gasteiger partial charge in [0.1, 0.15) is 23.3 Å². The number of carbonyl (C=O) groups is 1. The molecule has 0 aromatic heterocycles. The van der Waals surface area contributed by atoms with Crippen LogP contribution in [0, 0.1) is 37.1 Å². The molecule has 1 amide bonds. The largest absolute Gasteiger partial charge is 0.322 e. The number of benzene rings is 3. The molecular weight excluding hydrogens is 458 g/mol. The van der Waals surface area contributed by atoms with Crippen molar-refractivity contribution in [1.82, 2.24) is 0 Å². The van der Waals surface area contributed by atoms with E-state index in [-0.39, 0.29) is 16.8 Å². The van der Waals surface area contributed by atoms with E-state index in [1.165, 1.54) is 12.1 Å². The van der Waals surface area contributed by atoms with Gasteiger partial charge in [0.25, 0.3) is 5.91 Å². The summed E-state index contributed by atoms with van der Waals surface area (Å²) in [6.45, 7) is 9.85. The summed E-state index contributed by atoms with van der Waals surface area (Å²) in [6, 6.07) is 10.6. The fourth-order valence-corrected chi connectivity index (χ4v) is 6.68. The molecule has 0 atom stereocenters. The molecule has 0 saturated carbocycles. The van der Waals surface area contributed by atoms with Gasteiger partial charge in [-0.2, -0.15) is 0 Å². The van der Waals surface area contributed by atoms with Crippen molar-refractivity contribution in [3.63, 3.8) is 0 Å². The first-order valence-electron chi connectivity index (χ1n) is 11.3. The third kappa shape index (κ3) is 5.41. The molecule has 0 radical (unpaired) electrons. The number of carbonyl (C=O) groups excluding carboxylic acids is 1. The lowest BCUT2D eigenvalue weighted by atomic mass is 10.0. The lowest BCUT2D eigenvalue weighted by molar-refractivity contribution is 0.102. The van der Waals surface area contributed by atoms with E-state index in [0.717, 1.165) is 48.7 Å². The van der Waals surface area contributed by atoms with Crippen LogP contribution in [-0.4, -0.2) is 14.0 Å². The Morgan fingerprint density at radius 3 is 2.00 bits per heavy atom. The molecule has 7 heteroatoms. The van der Waals surface area contributed by atoms with Crippen LogP contribution in [0.5, 0.6) is 0 Å². The second-order valence-corrected chi connectivity index (χ2v) is 14.2. The highest BCUT2D eigenvalue weighted by Gasteiger charge is 2.24. The molecule has 0 bridgehead atoms. The Morgan fingerprint density at radius 2 is 1.47 bits per heavy atom. The number of amides is 1. The highest BCUT2D eigenvalue weighted by atomic mass is 28.3. The zero-order valence-electron chi connectivity index (χ0n) is 20.1. The van der Waals surface area contributed by atoms with E-state index in [2.05, 4.69) is 25.3 Å². The Labute approximate surface area is 199 Å². The first kappa shape index (κ1) is 25.7. The van der Waals surface area contributed by atoms with Crippen molar-refractivity contribution < 1.29 is 22.4 Å². The van der Waals surface area contributed by atoms with Crippen LogP contribution in [-0.2, 0) is 0 Å². The van der Waals surface area contributed by atoms with Gasteiger partial charge in [-0.1, -0.05) is 56.2 Å². The second kappa shape index (κ2) is 10.1. The second-order valence-electron chi connectivity index (χ2n) is 9.35. The van der Waals surface area contributed by atoms with Gasteiger partial charge < -0.3 is 5.32 Å². The number of unbranched alkanes of at least 4 members (excludes halogenated alkanes) is 1. The average molecular weight is 488 g/mol. The standard InChI is InChI=1S/C27H29F4NOSi/c1-6-7-10-34(4,5)20-8-9-21(16(2)11-20)27(33)32-19-14-24(30)26(25(31)15-19)18-12-22(28)17(3)23(29)13-18/h8-9,11-15H,6-7,10H2,1-5H3,(H,32,33). The van der Waals surface area contributed by atoms with Gasteiger partial charge in [-0.3, -0.25) is 4.79 Å². The molecule has 3 rings (SSSR count). The van der Waals surface area contributed by atoms with Crippen LogP contribution >= 0.6 is 0 Å². The van der Waals surface area contributed by atoms with Crippen LogP contribution in [0.2, 0.25) is 19.1 Å². The fourth-order valence-electron chi connectivity index (χ4n) is 4.01. The van der Waals surface area contributed by atoms with Crippen LogP contribution in [0.3, 0.4) is 0 Å². The minimum atomic E-state index is -1.61. The molecule has 0 aliphatic rings. The normalized spacial score (nSPS) is 11.6. The van der Waals surface area contributed by atoms with Crippen LogP contribution in [0.15, 0.2) is 42.5 Å². The lowest BCUT2D eigenvalue weighted by Gasteiger charge is -2.24. The van der Waals surface area contributed by atoms with E-state index in [0.29, 0.717) is 5.56 Å². The van der Waals surface area contributed by atoms with Crippen molar-refractivity contribution in [3.05, 3.63) is 82.4 Å². The maximum Gasteiger partial charge on any atom is 0.255 e. The van der Waals surface area contributed by atoms with E-state index in [1.807, 2.05) is 19.1 Å². The van der Waals surface area contributed by atoms with Crippen LogP contribution in [0.4, 0.5) is 23.2 Å². The Balaban J connectivity index is 1.86. The molecule has 1 N–H and O–H groups in total. The van der Waals surface area contributed by atoms with E-state index >= 15 is 0 Å². The van der Waals surface area contributed by atoms with E-state index in [4.69, 9.17) is 0 Å².